The third kappa shape index (κ3) is 3.92. The molecule has 10 atom stereocenters. The summed E-state index contributed by atoms with van der Waals surface area (Å²) in [6, 6.07) is 1.65. The lowest BCUT2D eigenvalue weighted by atomic mass is 9.40. The Morgan fingerprint density at radius 1 is 1.07 bits per heavy atom. The van der Waals surface area contributed by atoms with Gasteiger partial charge in [0.1, 0.15) is 23.9 Å². The fourth-order valence-corrected chi connectivity index (χ4v) is 8.86. The van der Waals surface area contributed by atoms with Crippen molar-refractivity contribution in [2.75, 3.05) is 7.11 Å². The van der Waals surface area contributed by atoms with Crippen LogP contribution in [-0.2, 0) is 42.9 Å². The van der Waals surface area contributed by atoms with Crippen LogP contribution >= 0.6 is 0 Å². The molecule has 11 nitrogen and oxygen atoms in total. The van der Waals surface area contributed by atoms with Gasteiger partial charge >= 0.3 is 23.9 Å². The normalized spacial score (nSPS) is 42.0. The second-order valence-electron chi connectivity index (χ2n) is 13.2. The molecule has 2 bridgehead atoms. The SMILES string of the molecule is C=C1[C@@H]2C[C@H](OC(C)=O)[C@@]3(C)[C@@H](c4ccoc4)OC(=O)[C@@H](O)[C@]13O[C@H]1C[C@H](OC(C)=O)C(C)(C)[C@H](CC(=O)OC)[C@]12C. The number of rotatable bonds is 5. The van der Waals surface area contributed by atoms with E-state index in [1.807, 2.05) is 20.8 Å². The Morgan fingerprint density at radius 3 is 2.29 bits per heavy atom. The molecule has 0 aromatic carbocycles. The number of carbonyl (C=O) groups is 4. The van der Waals surface area contributed by atoms with Gasteiger partial charge in [0.2, 0.25) is 0 Å². The third-order valence-corrected chi connectivity index (χ3v) is 10.9. The quantitative estimate of drug-likeness (QED) is 0.306. The molecular formula is C31H40O11. The lowest BCUT2D eigenvalue weighted by Gasteiger charge is -2.72. The zero-order valence-electron chi connectivity index (χ0n) is 25.1. The number of methoxy groups -OCH3 is 1. The number of aliphatic hydroxyl groups is 1. The minimum absolute atomic E-state index is 0.00779. The van der Waals surface area contributed by atoms with Gasteiger partial charge in [-0.2, -0.15) is 0 Å². The van der Waals surface area contributed by atoms with Gasteiger partial charge in [0, 0.05) is 43.1 Å². The van der Waals surface area contributed by atoms with Crippen molar-refractivity contribution in [3.63, 3.8) is 0 Å². The molecule has 2 saturated heterocycles. The van der Waals surface area contributed by atoms with E-state index in [-0.39, 0.29) is 19.3 Å². The molecule has 1 aromatic rings. The highest BCUT2D eigenvalue weighted by Gasteiger charge is 2.79. The topological polar surface area (TPSA) is 148 Å². The Bertz CT molecular complexity index is 1300. The largest absolute Gasteiger partial charge is 0.472 e. The highest BCUT2D eigenvalue weighted by Crippen LogP contribution is 2.72. The number of esters is 4. The molecule has 230 valence electrons. The van der Waals surface area contributed by atoms with Crippen molar-refractivity contribution in [3.8, 4) is 0 Å². The van der Waals surface area contributed by atoms with Crippen molar-refractivity contribution in [3.05, 3.63) is 36.3 Å². The first kappa shape index (κ1) is 30.3. The molecule has 1 N–H and O–H groups in total. The maximum Gasteiger partial charge on any atom is 0.339 e. The molecule has 2 aliphatic carbocycles. The van der Waals surface area contributed by atoms with E-state index in [1.165, 1.54) is 33.5 Å². The van der Waals surface area contributed by atoms with Crippen molar-refractivity contribution in [2.45, 2.75) is 96.9 Å². The molecule has 0 amide bonds. The zero-order chi connectivity index (χ0) is 31.0. The van der Waals surface area contributed by atoms with Gasteiger partial charge in [0.25, 0.3) is 0 Å². The van der Waals surface area contributed by atoms with E-state index in [9.17, 15) is 24.3 Å². The molecule has 5 rings (SSSR count). The molecule has 0 radical (unpaired) electrons. The number of aliphatic hydroxyl groups excluding tert-OH is 1. The summed E-state index contributed by atoms with van der Waals surface area (Å²) >= 11 is 0. The van der Waals surface area contributed by atoms with Crippen LogP contribution in [0.4, 0.5) is 0 Å². The second-order valence-corrected chi connectivity index (χ2v) is 13.2. The molecule has 2 aliphatic heterocycles. The molecular weight excluding hydrogens is 548 g/mol. The number of cyclic esters (lactones) is 1. The Labute approximate surface area is 244 Å². The molecule has 42 heavy (non-hydrogen) atoms. The number of hydrogen-bond donors (Lipinski definition) is 1. The van der Waals surface area contributed by atoms with Crippen LogP contribution in [-0.4, -0.2) is 66.1 Å². The maximum absolute atomic E-state index is 13.4. The summed E-state index contributed by atoms with van der Waals surface area (Å²) in [5.41, 5.74) is -3.68. The monoisotopic (exact) mass is 588 g/mol. The molecule has 4 aliphatic rings. The fraction of sp³-hybridized carbons (Fsp3) is 0.677. The van der Waals surface area contributed by atoms with E-state index < -0.39 is 88.1 Å². The van der Waals surface area contributed by atoms with E-state index in [4.69, 9.17) is 28.1 Å². The summed E-state index contributed by atoms with van der Waals surface area (Å²) in [5.74, 6) is -3.32. The van der Waals surface area contributed by atoms with Crippen molar-refractivity contribution in [2.24, 2.45) is 28.1 Å². The minimum Gasteiger partial charge on any atom is -0.472 e. The summed E-state index contributed by atoms with van der Waals surface area (Å²) in [4.78, 5) is 51.0. The van der Waals surface area contributed by atoms with Gasteiger partial charge in [-0.25, -0.2) is 4.79 Å². The molecule has 3 heterocycles. The van der Waals surface area contributed by atoms with Crippen molar-refractivity contribution in [1.82, 2.24) is 0 Å². The van der Waals surface area contributed by atoms with E-state index >= 15 is 0 Å². The summed E-state index contributed by atoms with van der Waals surface area (Å²) < 4.78 is 35.1. The number of fused-ring (bicyclic) bond motifs is 3. The maximum atomic E-state index is 13.4. The van der Waals surface area contributed by atoms with Gasteiger partial charge in [-0.3, -0.25) is 14.4 Å². The van der Waals surface area contributed by atoms with Gasteiger partial charge in [0.15, 0.2) is 6.10 Å². The van der Waals surface area contributed by atoms with Crippen LogP contribution in [0.3, 0.4) is 0 Å². The highest BCUT2D eigenvalue weighted by molar-refractivity contribution is 5.80. The van der Waals surface area contributed by atoms with Crippen LogP contribution in [0.5, 0.6) is 0 Å². The molecule has 4 fully saturated rings. The van der Waals surface area contributed by atoms with E-state index in [0.29, 0.717) is 11.1 Å². The zero-order valence-corrected chi connectivity index (χ0v) is 25.1. The second kappa shape index (κ2) is 9.94. The first-order chi connectivity index (χ1) is 19.6. The van der Waals surface area contributed by atoms with Crippen molar-refractivity contribution in [1.29, 1.82) is 0 Å². The Hall–Kier alpha value is -3.18. The van der Waals surface area contributed by atoms with Gasteiger partial charge in [-0.05, 0) is 36.8 Å². The first-order valence-electron chi connectivity index (χ1n) is 14.3. The first-order valence-corrected chi connectivity index (χ1v) is 14.3. The van der Waals surface area contributed by atoms with Gasteiger partial charge in [0.05, 0.1) is 31.2 Å². The lowest BCUT2D eigenvalue weighted by molar-refractivity contribution is -0.352. The minimum atomic E-state index is -1.80. The molecule has 2 saturated carbocycles. The van der Waals surface area contributed by atoms with Crippen LogP contribution in [0.1, 0.15) is 72.5 Å². The van der Waals surface area contributed by atoms with E-state index in [1.54, 1.807) is 13.0 Å². The van der Waals surface area contributed by atoms with Crippen LogP contribution in [0.25, 0.3) is 0 Å². The predicted octanol–water partition coefficient (Wildman–Crippen LogP) is 3.44. The fourth-order valence-electron chi connectivity index (χ4n) is 8.86. The highest BCUT2D eigenvalue weighted by atomic mass is 16.6. The van der Waals surface area contributed by atoms with Gasteiger partial charge < -0.3 is 33.2 Å². The average Bonchev–Trinajstić information content (AvgIpc) is 3.44. The lowest BCUT2D eigenvalue weighted by Crippen LogP contribution is -2.80. The predicted molar refractivity (Wildman–Crippen MR) is 144 cm³/mol. The standard InChI is InChI=1S/C31H40O11/c1-15-19-11-23(40-17(3)33)30(7)26(18-9-10-38-14-18)41-27(36)25(35)31(15,30)42-22-13-21(39-16(2)32)28(4,5)20(29(19,22)6)12-24(34)37-8/h9-10,14,19-23,25-26,35H,1,11-13H2,2-8H3/t19-,20-,21-,22-,23-,25+,26+,29+,30-,31+/m0/s1. The Morgan fingerprint density at radius 2 is 1.71 bits per heavy atom. The number of ether oxygens (including phenoxy) is 5. The average molecular weight is 589 g/mol. The number of furan rings is 1. The van der Waals surface area contributed by atoms with Crippen LogP contribution in [0.2, 0.25) is 0 Å². The number of hydrogen-bond acceptors (Lipinski definition) is 11. The van der Waals surface area contributed by atoms with Crippen LogP contribution in [0, 0.1) is 28.1 Å². The Kier molecular flexibility index (Phi) is 7.17. The third-order valence-electron chi connectivity index (χ3n) is 10.9. The molecule has 1 aromatic heterocycles. The van der Waals surface area contributed by atoms with Crippen molar-refractivity contribution >= 4 is 23.9 Å². The van der Waals surface area contributed by atoms with Crippen molar-refractivity contribution < 1.29 is 52.4 Å². The molecule has 1 spiro atoms. The smallest absolute Gasteiger partial charge is 0.339 e. The summed E-state index contributed by atoms with van der Waals surface area (Å²) in [7, 11) is 1.32. The van der Waals surface area contributed by atoms with Crippen LogP contribution in [0.15, 0.2) is 35.2 Å². The number of carbonyl (C=O) groups excluding carboxylic acids is 4. The summed E-state index contributed by atoms with van der Waals surface area (Å²) in [5, 5.41) is 11.7. The van der Waals surface area contributed by atoms with Crippen LogP contribution < -0.4 is 0 Å². The van der Waals surface area contributed by atoms with Gasteiger partial charge in [-0.1, -0.05) is 27.4 Å². The van der Waals surface area contributed by atoms with Gasteiger partial charge in [-0.15, -0.1) is 0 Å². The van der Waals surface area contributed by atoms with E-state index in [0.717, 1.165) is 0 Å². The molecule has 0 unspecified atom stereocenters. The summed E-state index contributed by atoms with van der Waals surface area (Å²) in [6.45, 7) is 14.7. The molecule has 11 heteroatoms. The van der Waals surface area contributed by atoms with E-state index in [2.05, 4.69) is 6.58 Å². The Balaban J connectivity index is 1.74. The summed E-state index contributed by atoms with van der Waals surface area (Å²) in [6.07, 6.45) is -1.70.